The number of aliphatic carboxylic acids is 1. The van der Waals surface area contributed by atoms with Crippen molar-refractivity contribution in [3.63, 3.8) is 0 Å². The molecule has 2 fully saturated rings. The van der Waals surface area contributed by atoms with Gasteiger partial charge < -0.3 is 19.7 Å². The van der Waals surface area contributed by atoms with Gasteiger partial charge in [0.2, 0.25) is 11.8 Å². The summed E-state index contributed by atoms with van der Waals surface area (Å²) < 4.78 is 4.59. The summed E-state index contributed by atoms with van der Waals surface area (Å²) in [6.07, 6.45) is 2.98. The molecule has 30 heavy (non-hydrogen) atoms. The van der Waals surface area contributed by atoms with Gasteiger partial charge in [0.25, 0.3) is 0 Å². The maximum Gasteiger partial charge on any atom is 0.327 e. The number of aliphatic imine (C=N–C) groups is 1. The maximum absolute atomic E-state index is 13.1. The van der Waals surface area contributed by atoms with Crippen LogP contribution >= 0.6 is 11.8 Å². The van der Waals surface area contributed by atoms with Crippen LogP contribution in [0.2, 0.25) is 0 Å². The van der Waals surface area contributed by atoms with Crippen molar-refractivity contribution >= 4 is 35.8 Å². The SMILES string of the molecule is CC1(C)S[C@@H]2[C@H](NC(=O)C(N=Cc3ccco3)c3ccccc3)C(=O)N2[C@H]1C(=O)O. The van der Waals surface area contributed by atoms with E-state index in [9.17, 15) is 19.5 Å². The summed E-state index contributed by atoms with van der Waals surface area (Å²) >= 11 is 1.38. The molecule has 2 aromatic rings. The topological polar surface area (TPSA) is 112 Å². The van der Waals surface area contributed by atoms with Crippen molar-refractivity contribution in [2.45, 2.75) is 42.1 Å². The third kappa shape index (κ3) is 3.49. The van der Waals surface area contributed by atoms with Gasteiger partial charge in [-0.15, -0.1) is 11.8 Å². The van der Waals surface area contributed by atoms with Gasteiger partial charge in [-0.1, -0.05) is 30.3 Å². The second-order valence-corrected chi connectivity index (χ2v) is 9.46. The van der Waals surface area contributed by atoms with Gasteiger partial charge in [-0.2, -0.15) is 0 Å². The van der Waals surface area contributed by atoms with E-state index in [1.165, 1.54) is 29.1 Å². The zero-order valence-corrected chi connectivity index (χ0v) is 17.2. The quantitative estimate of drug-likeness (QED) is 0.539. The third-order valence-electron chi connectivity index (χ3n) is 5.23. The highest BCUT2D eigenvalue weighted by Gasteiger charge is 2.64. The Labute approximate surface area is 177 Å². The zero-order valence-electron chi connectivity index (χ0n) is 16.4. The van der Waals surface area contributed by atoms with Gasteiger partial charge in [-0.05, 0) is 31.5 Å². The van der Waals surface area contributed by atoms with Gasteiger partial charge >= 0.3 is 5.97 Å². The summed E-state index contributed by atoms with van der Waals surface area (Å²) in [7, 11) is 0. The molecule has 9 heteroatoms. The monoisotopic (exact) mass is 427 g/mol. The van der Waals surface area contributed by atoms with Gasteiger partial charge in [0.15, 0.2) is 6.04 Å². The lowest BCUT2D eigenvalue weighted by Crippen LogP contribution is -2.70. The molecule has 4 atom stereocenters. The summed E-state index contributed by atoms with van der Waals surface area (Å²) in [5, 5.41) is 11.9. The number of β-lactam (4-membered cyclic amide) rings is 1. The van der Waals surface area contributed by atoms with E-state index in [0.717, 1.165) is 0 Å². The van der Waals surface area contributed by atoms with Crippen LogP contribution in [0, 0.1) is 0 Å². The van der Waals surface area contributed by atoms with E-state index in [0.29, 0.717) is 11.3 Å². The molecule has 0 radical (unpaired) electrons. The number of nitrogens with one attached hydrogen (secondary N) is 1. The second-order valence-electron chi connectivity index (χ2n) is 7.69. The fourth-order valence-electron chi connectivity index (χ4n) is 3.83. The molecule has 1 aromatic carbocycles. The van der Waals surface area contributed by atoms with E-state index in [-0.39, 0.29) is 5.91 Å². The summed E-state index contributed by atoms with van der Waals surface area (Å²) in [5.74, 6) is -1.36. The number of rotatable bonds is 6. The molecule has 8 nitrogen and oxygen atoms in total. The molecule has 156 valence electrons. The number of hydrogen-bond acceptors (Lipinski definition) is 6. The maximum atomic E-state index is 13.1. The van der Waals surface area contributed by atoms with Crippen LogP contribution in [0.15, 0.2) is 58.1 Å². The first kappa shape index (κ1) is 20.2. The Morgan fingerprint density at radius 2 is 2.00 bits per heavy atom. The molecule has 2 N–H and O–H groups in total. The molecule has 2 aliphatic heterocycles. The number of furan rings is 1. The normalized spacial score (nSPS) is 25.6. The second kappa shape index (κ2) is 7.64. The van der Waals surface area contributed by atoms with Crippen LogP contribution < -0.4 is 5.32 Å². The van der Waals surface area contributed by atoms with E-state index < -0.39 is 40.1 Å². The number of carbonyl (C=O) groups excluding carboxylic acids is 2. The first-order valence-corrected chi connectivity index (χ1v) is 10.3. The number of fused-ring (bicyclic) bond motifs is 1. The number of nitrogens with zero attached hydrogens (tertiary/aromatic N) is 2. The standard InChI is InChI=1S/C21H21N3O5S/c1-21(2)16(20(27)28)24-18(26)15(19(24)30-21)23-17(25)14(12-7-4-3-5-8-12)22-11-13-9-6-10-29-13/h3-11,14-16,19H,1-2H3,(H,23,25)(H,27,28)/t14?,15-,16+,19-/m1/s1. The predicted molar refractivity (Wildman–Crippen MR) is 111 cm³/mol. The van der Waals surface area contributed by atoms with Crippen LogP contribution in [0.4, 0.5) is 0 Å². The van der Waals surface area contributed by atoms with Gasteiger partial charge in [-0.25, -0.2) is 4.79 Å². The van der Waals surface area contributed by atoms with Crippen molar-refractivity contribution in [3.05, 3.63) is 60.1 Å². The molecule has 3 heterocycles. The van der Waals surface area contributed by atoms with Crippen molar-refractivity contribution in [2.75, 3.05) is 0 Å². The van der Waals surface area contributed by atoms with E-state index in [1.54, 1.807) is 50.2 Å². The fourth-order valence-corrected chi connectivity index (χ4v) is 5.46. The average Bonchev–Trinajstić information content (AvgIpc) is 3.31. The molecule has 0 aliphatic carbocycles. The van der Waals surface area contributed by atoms with E-state index in [4.69, 9.17) is 4.42 Å². The lowest BCUT2D eigenvalue weighted by atomic mass is 9.95. The number of carboxylic acids is 1. The number of amides is 2. The Morgan fingerprint density at radius 1 is 1.27 bits per heavy atom. The lowest BCUT2D eigenvalue weighted by molar-refractivity contribution is -0.161. The Balaban J connectivity index is 1.54. The van der Waals surface area contributed by atoms with Crippen molar-refractivity contribution in [1.29, 1.82) is 0 Å². The highest BCUT2D eigenvalue weighted by Crippen LogP contribution is 2.50. The molecule has 2 aliphatic rings. The van der Waals surface area contributed by atoms with Gasteiger partial charge in [0.1, 0.15) is 23.2 Å². The van der Waals surface area contributed by atoms with Gasteiger partial charge in [0.05, 0.1) is 12.5 Å². The molecule has 4 rings (SSSR count). The minimum Gasteiger partial charge on any atom is -0.480 e. The van der Waals surface area contributed by atoms with Crippen LogP contribution in [-0.4, -0.2) is 56.2 Å². The van der Waals surface area contributed by atoms with Crippen molar-refractivity contribution in [1.82, 2.24) is 10.2 Å². The summed E-state index contributed by atoms with van der Waals surface area (Å²) in [4.78, 5) is 43.1. The number of carboxylic acid groups (broad SMARTS) is 1. The van der Waals surface area contributed by atoms with Crippen LogP contribution in [0.1, 0.15) is 31.2 Å². The minimum atomic E-state index is -1.04. The molecular weight excluding hydrogens is 406 g/mol. The first-order chi connectivity index (χ1) is 14.3. The molecule has 0 spiro atoms. The largest absolute Gasteiger partial charge is 0.480 e. The molecule has 2 saturated heterocycles. The van der Waals surface area contributed by atoms with Crippen LogP contribution in [0.5, 0.6) is 0 Å². The highest BCUT2D eigenvalue weighted by molar-refractivity contribution is 8.01. The summed E-state index contributed by atoms with van der Waals surface area (Å²) in [6, 6.07) is 9.89. The van der Waals surface area contributed by atoms with Crippen LogP contribution in [0.3, 0.4) is 0 Å². The molecule has 1 aromatic heterocycles. The molecule has 0 bridgehead atoms. The van der Waals surface area contributed by atoms with E-state index in [2.05, 4.69) is 10.3 Å². The third-order valence-corrected chi connectivity index (χ3v) is 6.80. The Hall–Kier alpha value is -3.07. The van der Waals surface area contributed by atoms with Crippen molar-refractivity contribution in [2.24, 2.45) is 4.99 Å². The predicted octanol–water partition coefficient (Wildman–Crippen LogP) is 2.07. The van der Waals surface area contributed by atoms with Gasteiger partial charge in [0, 0.05) is 4.75 Å². The summed E-state index contributed by atoms with van der Waals surface area (Å²) in [5.41, 5.74) is 0.671. The fraction of sp³-hybridized carbons (Fsp3) is 0.333. The number of carbonyl (C=O) groups is 3. The van der Waals surface area contributed by atoms with E-state index in [1.807, 2.05) is 6.07 Å². The Kier molecular flexibility index (Phi) is 5.15. The molecule has 1 unspecified atom stereocenters. The van der Waals surface area contributed by atoms with Gasteiger partial charge in [-0.3, -0.25) is 14.6 Å². The number of thioether (sulfide) groups is 1. The number of benzene rings is 1. The summed E-state index contributed by atoms with van der Waals surface area (Å²) in [6.45, 7) is 3.59. The van der Waals surface area contributed by atoms with Crippen molar-refractivity contribution < 1.29 is 23.9 Å². The Bertz CT molecular complexity index is 989. The lowest BCUT2D eigenvalue weighted by Gasteiger charge is -2.43. The zero-order chi connectivity index (χ0) is 21.5. The molecule has 0 saturated carbocycles. The smallest absolute Gasteiger partial charge is 0.327 e. The first-order valence-electron chi connectivity index (χ1n) is 9.44. The minimum absolute atomic E-state index is 0.388. The Morgan fingerprint density at radius 3 is 2.63 bits per heavy atom. The van der Waals surface area contributed by atoms with Crippen LogP contribution in [-0.2, 0) is 14.4 Å². The van der Waals surface area contributed by atoms with Crippen LogP contribution in [0.25, 0.3) is 0 Å². The number of hydrogen-bond donors (Lipinski definition) is 2. The highest BCUT2D eigenvalue weighted by atomic mass is 32.2. The van der Waals surface area contributed by atoms with E-state index >= 15 is 0 Å². The average molecular weight is 427 g/mol. The van der Waals surface area contributed by atoms with Crippen molar-refractivity contribution in [3.8, 4) is 0 Å². The molecule has 2 amide bonds. The molecular formula is C21H21N3O5S.